The third-order valence-corrected chi connectivity index (χ3v) is 4.38. The molecular weight excluding hydrogens is 278 g/mol. The highest BCUT2D eigenvalue weighted by atomic mass is 16.5. The van der Waals surface area contributed by atoms with E-state index in [1.165, 1.54) is 0 Å². The molecule has 0 atom stereocenters. The number of benzene rings is 2. The van der Waals surface area contributed by atoms with Gasteiger partial charge in [-0.3, -0.25) is 0 Å². The molecule has 4 nitrogen and oxygen atoms in total. The number of hydrogen-bond acceptors (Lipinski definition) is 4. The molecule has 0 aliphatic heterocycles. The first-order chi connectivity index (χ1) is 10.6. The Labute approximate surface area is 126 Å². The zero-order valence-electron chi connectivity index (χ0n) is 12.6. The molecule has 4 heteroatoms. The van der Waals surface area contributed by atoms with Crippen molar-refractivity contribution in [3.63, 3.8) is 0 Å². The van der Waals surface area contributed by atoms with Crippen LogP contribution in [-0.2, 0) is 0 Å². The Hall–Kier alpha value is -2.75. The predicted octanol–water partition coefficient (Wildman–Crippen LogP) is 4.55. The molecule has 0 spiro atoms. The monoisotopic (exact) mass is 293 g/mol. The van der Waals surface area contributed by atoms with Gasteiger partial charge in [0.2, 0.25) is 0 Å². The average molecular weight is 293 g/mol. The number of hydrogen-bond donors (Lipinski definition) is 1. The van der Waals surface area contributed by atoms with Crippen LogP contribution < -0.4 is 5.55 Å². The van der Waals surface area contributed by atoms with E-state index in [9.17, 15) is 5.21 Å². The van der Waals surface area contributed by atoms with E-state index in [2.05, 4.69) is 18.1 Å². The summed E-state index contributed by atoms with van der Waals surface area (Å²) in [5.41, 5.74) is 3.78. The number of nitrogens with zero attached hydrogens (tertiary/aromatic N) is 1. The first-order valence-electron chi connectivity index (χ1n) is 7.14. The van der Waals surface area contributed by atoms with Crippen molar-refractivity contribution >= 4 is 32.7 Å². The Morgan fingerprint density at radius 1 is 0.818 bits per heavy atom. The van der Waals surface area contributed by atoms with E-state index in [0.29, 0.717) is 5.58 Å². The largest absolute Gasteiger partial charge is 0.461 e. The number of rotatable bonds is 0. The lowest BCUT2D eigenvalue weighted by Crippen LogP contribution is -2.03. The molecule has 0 amide bonds. The summed E-state index contributed by atoms with van der Waals surface area (Å²) in [5.74, 6) is 0.907. The van der Waals surface area contributed by atoms with Crippen molar-refractivity contribution in [1.29, 1.82) is 0 Å². The van der Waals surface area contributed by atoms with E-state index in [4.69, 9.17) is 8.83 Å². The molecule has 0 aliphatic rings. The zero-order valence-corrected chi connectivity index (χ0v) is 12.6. The standard InChI is InChI=1S/C18H15NO3/c1-9-11(3)21-16-10(2)17-15(8-14(9)16)12-6-4-5-7-13(12)18(19-20)22-17/h4-8,20H,1-3H3/b19-18+. The molecule has 4 aromatic rings. The highest BCUT2D eigenvalue weighted by Gasteiger charge is 2.16. The molecule has 1 N–H and O–H groups in total. The van der Waals surface area contributed by atoms with Gasteiger partial charge < -0.3 is 14.0 Å². The Bertz CT molecular complexity index is 1120. The molecule has 0 bridgehead atoms. The second-order valence-corrected chi connectivity index (χ2v) is 5.59. The van der Waals surface area contributed by atoms with Gasteiger partial charge in [0.05, 0.1) is 0 Å². The highest BCUT2D eigenvalue weighted by molar-refractivity contribution is 6.10. The van der Waals surface area contributed by atoms with E-state index in [0.717, 1.165) is 44.0 Å². The molecule has 0 aliphatic carbocycles. The molecule has 2 aromatic carbocycles. The Morgan fingerprint density at radius 3 is 2.23 bits per heavy atom. The SMILES string of the molecule is Cc1oc2c(C)c3o/c(=N/O)c4ccccc4c3cc2c1C. The predicted molar refractivity (Wildman–Crippen MR) is 85.1 cm³/mol. The first-order valence-corrected chi connectivity index (χ1v) is 7.14. The lowest BCUT2D eigenvalue weighted by molar-refractivity contribution is 0.279. The summed E-state index contributed by atoms with van der Waals surface area (Å²) in [6.45, 7) is 5.98. The fraction of sp³-hybridized carbons (Fsp3) is 0.167. The van der Waals surface area contributed by atoms with Crippen molar-refractivity contribution in [2.45, 2.75) is 20.8 Å². The topological polar surface area (TPSA) is 58.9 Å². The molecule has 22 heavy (non-hydrogen) atoms. The summed E-state index contributed by atoms with van der Waals surface area (Å²) < 4.78 is 11.7. The van der Waals surface area contributed by atoms with Crippen molar-refractivity contribution in [3.05, 3.63) is 52.8 Å². The minimum atomic E-state index is 0.213. The lowest BCUT2D eigenvalue weighted by Gasteiger charge is -2.06. The Kier molecular flexibility index (Phi) is 2.57. The van der Waals surface area contributed by atoms with E-state index in [-0.39, 0.29) is 5.55 Å². The van der Waals surface area contributed by atoms with Crippen LogP contribution >= 0.6 is 0 Å². The van der Waals surface area contributed by atoms with E-state index >= 15 is 0 Å². The molecule has 0 saturated carbocycles. The van der Waals surface area contributed by atoms with Gasteiger partial charge in [0, 0.05) is 21.7 Å². The summed E-state index contributed by atoms with van der Waals surface area (Å²) in [6, 6.07) is 9.86. The molecule has 4 rings (SSSR count). The minimum absolute atomic E-state index is 0.213. The molecule has 2 heterocycles. The van der Waals surface area contributed by atoms with Crippen LogP contribution in [0.4, 0.5) is 0 Å². The van der Waals surface area contributed by atoms with Crippen LogP contribution in [0.15, 0.2) is 44.3 Å². The van der Waals surface area contributed by atoms with Gasteiger partial charge in [-0.15, -0.1) is 0 Å². The minimum Gasteiger partial charge on any atom is -0.461 e. The second-order valence-electron chi connectivity index (χ2n) is 5.59. The van der Waals surface area contributed by atoms with Crippen molar-refractivity contribution in [3.8, 4) is 0 Å². The van der Waals surface area contributed by atoms with Crippen LogP contribution in [0.3, 0.4) is 0 Å². The quantitative estimate of drug-likeness (QED) is 0.294. The summed E-state index contributed by atoms with van der Waals surface area (Å²) in [5, 5.41) is 16.4. The summed E-state index contributed by atoms with van der Waals surface area (Å²) in [4.78, 5) is 0. The van der Waals surface area contributed by atoms with Crippen LogP contribution in [0, 0.1) is 20.8 Å². The van der Waals surface area contributed by atoms with E-state index in [1.807, 2.05) is 38.1 Å². The maximum absolute atomic E-state index is 9.26. The first kappa shape index (κ1) is 13.0. The molecule has 0 saturated heterocycles. The van der Waals surface area contributed by atoms with Gasteiger partial charge in [-0.25, -0.2) is 0 Å². The maximum atomic E-state index is 9.26. The van der Waals surface area contributed by atoms with Crippen LogP contribution in [0.2, 0.25) is 0 Å². The molecule has 0 fully saturated rings. The number of furan rings is 1. The van der Waals surface area contributed by atoms with Crippen molar-refractivity contribution in [1.82, 2.24) is 0 Å². The average Bonchev–Trinajstić information content (AvgIpc) is 2.83. The Balaban J connectivity index is 2.37. The second kappa shape index (κ2) is 4.37. The van der Waals surface area contributed by atoms with E-state index < -0.39 is 0 Å². The van der Waals surface area contributed by atoms with Crippen molar-refractivity contribution < 1.29 is 14.0 Å². The normalized spacial score (nSPS) is 12.8. The lowest BCUT2D eigenvalue weighted by atomic mass is 10.0. The van der Waals surface area contributed by atoms with Crippen molar-refractivity contribution in [2.24, 2.45) is 5.16 Å². The Morgan fingerprint density at radius 2 is 1.50 bits per heavy atom. The van der Waals surface area contributed by atoms with Crippen LogP contribution in [0.5, 0.6) is 0 Å². The summed E-state index contributed by atoms with van der Waals surface area (Å²) in [6.07, 6.45) is 0. The molecule has 2 aromatic heterocycles. The van der Waals surface area contributed by atoms with Crippen molar-refractivity contribution in [2.75, 3.05) is 0 Å². The van der Waals surface area contributed by atoms with E-state index in [1.54, 1.807) is 0 Å². The van der Waals surface area contributed by atoms with Crippen LogP contribution in [-0.4, -0.2) is 5.21 Å². The van der Waals surface area contributed by atoms with Gasteiger partial charge in [-0.2, -0.15) is 0 Å². The van der Waals surface area contributed by atoms with Gasteiger partial charge in [-0.1, -0.05) is 18.2 Å². The maximum Gasteiger partial charge on any atom is 0.263 e. The molecule has 0 radical (unpaired) electrons. The fourth-order valence-corrected chi connectivity index (χ4v) is 3.07. The van der Waals surface area contributed by atoms with Gasteiger partial charge in [-0.05, 0) is 49.0 Å². The summed E-state index contributed by atoms with van der Waals surface area (Å²) in [7, 11) is 0. The fourth-order valence-electron chi connectivity index (χ4n) is 3.07. The molecular formula is C18H15NO3. The van der Waals surface area contributed by atoms with Gasteiger partial charge in [0.1, 0.15) is 16.9 Å². The molecule has 110 valence electrons. The van der Waals surface area contributed by atoms with Gasteiger partial charge in [0.15, 0.2) is 0 Å². The van der Waals surface area contributed by atoms with Crippen LogP contribution in [0.1, 0.15) is 16.9 Å². The third kappa shape index (κ3) is 1.55. The smallest absolute Gasteiger partial charge is 0.263 e. The van der Waals surface area contributed by atoms with Gasteiger partial charge >= 0.3 is 0 Å². The zero-order chi connectivity index (χ0) is 15.4. The number of aryl methyl sites for hydroxylation is 3. The third-order valence-electron chi connectivity index (χ3n) is 4.38. The number of fused-ring (bicyclic) bond motifs is 4. The van der Waals surface area contributed by atoms with Crippen LogP contribution in [0.25, 0.3) is 32.7 Å². The highest BCUT2D eigenvalue weighted by Crippen LogP contribution is 2.35. The van der Waals surface area contributed by atoms with Gasteiger partial charge in [0.25, 0.3) is 5.55 Å². The molecule has 0 unspecified atom stereocenters. The summed E-state index contributed by atoms with van der Waals surface area (Å²) >= 11 is 0.